The zero-order valence-corrected chi connectivity index (χ0v) is 13.0. The Morgan fingerprint density at radius 2 is 1.95 bits per heavy atom. The third-order valence-electron chi connectivity index (χ3n) is 2.26. The minimum Gasteiger partial charge on any atom is -0.481 e. The Balaban J connectivity index is 0.000000885. The van der Waals surface area contributed by atoms with Crippen molar-refractivity contribution < 1.29 is 19.5 Å². The molecule has 21 heavy (non-hydrogen) atoms. The van der Waals surface area contributed by atoms with Crippen molar-refractivity contribution in [2.45, 2.75) is 33.2 Å². The summed E-state index contributed by atoms with van der Waals surface area (Å²) < 4.78 is 0. The fraction of sp³-hybridized carbons (Fsp3) is 0.400. The fourth-order valence-electron chi connectivity index (χ4n) is 1.47. The van der Waals surface area contributed by atoms with Gasteiger partial charge in [-0.3, -0.25) is 9.59 Å². The molecule has 0 fully saturated rings. The molecular weight excluding hydrogens is 294 g/mol. The highest BCUT2D eigenvalue weighted by atomic mass is 35.5. The third-order valence-corrected chi connectivity index (χ3v) is 2.49. The SMILES string of the molecule is CC(C)=O.O=CN(CCCC(=O)O)Cc1cccc(Cl)c1. The molecule has 0 aliphatic carbocycles. The van der Waals surface area contributed by atoms with Crippen molar-refractivity contribution in [2.75, 3.05) is 6.54 Å². The summed E-state index contributed by atoms with van der Waals surface area (Å²) in [7, 11) is 0. The number of carbonyl (C=O) groups excluding carboxylic acids is 2. The standard InChI is InChI=1S/C12H14ClNO3.C3H6O/c13-11-4-1-3-10(7-11)8-14(9-15)6-2-5-12(16)17;1-3(2)4/h1,3-4,7,9H,2,5-6,8H2,(H,16,17);1-2H3. The van der Waals surface area contributed by atoms with E-state index in [9.17, 15) is 14.4 Å². The van der Waals surface area contributed by atoms with Crippen molar-refractivity contribution in [3.63, 3.8) is 0 Å². The molecule has 5 nitrogen and oxygen atoms in total. The normalized spacial score (nSPS) is 9.29. The Hall–Kier alpha value is -1.88. The highest BCUT2D eigenvalue weighted by Crippen LogP contribution is 2.12. The van der Waals surface area contributed by atoms with Crippen molar-refractivity contribution >= 4 is 29.8 Å². The lowest BCUT2D eigenvalue weighted by molar-refractivity contribution is -0.137. The first-order chi connectivity index (χ1) is 9.85. The minimum atomic E-state index is -0.849. The Kier molecular flexibility index (Phi) is 9.88. The van der Waals surface area contributed by atoms with Crippen LogP contribution in [0.15, 0.2) is 24.3 Å². The molecule has 1 N–H and O–H groups in total. The molecule has 0 aliphatic heterocycles. The molecule has 0 saturated heterocycles. The number of halogens is 1. The lowest BCUT2D eigenvalue weighted by atomic mass is 10.2. The molecule has 1 amide bonds. The second kappa shape index (κ2) is 10.9. The average Bonchev–Trinajstić information content (AvgIpc) is 2.36. The molecule has 1 aromatic rings. The summed E-state index contributed by atoms with van der Waals surface area (Å²) in [6.45, 7) is 3.94. The maximum atomic E-state index is 10.8. The molecule has 0 bridgehead atoms. The molecule has 0 atom stereocenters. The summed E-state index contributed by atoms with van der Waals surface area (Å²) in [5, 5.41) is 9.12. The number of amides is 1. The number of aliphatic carboxylic acids is 1. The van der Waals surface area contributed by atoms with Gasteiger partial charge < -0.3 is 14.8 Å². The van der Waals surface area contributed by atoms with Crippen LogP contribution < -0.4 is 0 Å². The van der Waals surface area contributed by atoms with Crippen molar-refractivity contribution in [1.29, 1.82) is 0 Å². The predicted molar refractivity (Wildman–Crippen MR) is 81.2 cm³/mol. The van der Waals surface area contributed by atoms with Gasteiger partial charge in [-0.25, -0.2) is 0 Å². The first kappa shape index (κ1) is 19.1. The molecule has 0 radical (unpaired) electrons. The second-order valence-electron chi connectivity index (χ2n) is 4.61. The first-order valence-corrected chi connectivity index (χ1v) is 6.85. The minimum absolute atomic E-state index is 0.0693. The van der Waals surface area contributed by atoms with E-state index in [1.807, 2.05) is 12.1 Å². The number of nitrogens with zero attached hydrogens (tertiary/aromatic N) is 1. The van der Waals surface area contributed by atoms with E-state index in [0.29, 0.717) is 24.5 Å². The number of rotatable bonds is 7. The average molecular weight is 314 g/mol. The number of hydrogen-bond acceptors (Lipinski definition) is 3. The molecule has 0 aliphatic rings. The van der Waals surface area contributed by atoms with Crippen molar-refractivity contribution in [2.24, 2.45) is 0 Å². The molecule has 0 aromatic heterocycles. The molecule has 1 rings (SSSR count). The van der Waals surface area contributed by atoms with Gasteiger partial charge in [0.25, 0.3) is 0 Å². The summed E-state index contributed by atoms with van der Waals surface area (Å²) in [5.41, 5.74) is 0.930. The van der Waals surface area contributed by atoms with Gasteiger partial charge in [-0.05, 0) is 38.0 Å². The van der Waals surface area contributed by atoms with E-state index in [0.717, 1.165) is 12.0 Å². The second-order valence-corrected chi connectivity index (χ2v) is 5.05. The number of carboxylic acid groups (broad SMARTS) is 1. The highest BCUT2D eigenvalue weighted by molar-refractivity contribution is 6.30. The van der Waals surface area contributed by atoms with Gasteiger partial charge in [-0.15, -0.1) is 0 Å². The van der Waals surface area contributed by atoms with Crippen LogP contribution in [-0.2, 0) is 20.9 Å². The van der Waals surface area contributed by atoms with E-state index in [4.69, 9.17) is 16.7 Å². The molecule has 1 aromatic carbocycles. The van der Waals surface area contributed by atoms with Crippen LogP contribution in [0.4, 0.5) is 0 Å². The number of Topliss-reactive ketones (excluding diaryl/α,β-unsaturated/α-hetero) is 1. The third kappa shape index (κ3) is 11.6. The van der Waals surface area contributed by atoms with Gasteiger partial charge in [0.1, 0.15) is 5.78 Å². The van der Waals surface area contributed by atoms with Crippen molar-refractivity contribution in [3.05, 3.63) is 34.9 Å². The summed E-state index contributed by atoms with van der Waals surface area (Å²) in [6.07, 6.45) is 1.25. The topological polar surface area (TPSA) is 74.7 Å². The molecule has 0 heterocycles. The van der Waals surface area contributed by atoms with Crippen LogP contribution in [-0.4, -0.2) is 34.7 Å². The quantitative estimate of drug-likeness (QED) is 0.785. The number of carboxylic acids is 1. The van der Waals surface area contributed by atoms with E-state index in [1.165, 1.54) is 18.7 Å². The van der Waals surface area contributed by atoms with Crippen LogP contribution in [0.1, 0.15) is 32.3 Å². The van der Waals surface area contributed by atoms with Crippen LogP contribution in [0.25, 0.3) is 0 Å². The monoisotopic (exact) mass is 313 g/mol. The number of benzene rings is 1. The van der Waals surface area contributed by atoms with Crippen LogP contribution in [0.2, 0.25) is 5.02 Å². The smallest absolute Gasteiger partial charge is 0.303 e. The van der Waals surface area contributed by atoms with E-state index in [2.05, 4.69) is 0 Å². The van der Waals surface area contributed by atoms with Crippen LogP contribution in [0, 0.1) is 0 Å². The highest BCUT2D eigenvalue weighted by Gasteiger charge is 2.05. The number of hydrogen-bond donors (Lipinski definition) is 1. The maximum absolute atomic E-state index is 10.8. The molecule has 6 heteroatoms. The molecule has 0 saturated carbocycles. The van der Waals surface area contributed by atoms with E-state index >= 15 is 0 Å². The Morgan fingerprint density at radius 3 is 2.43 bits per heavy atom. The molecule has 0 unspecified atom stereocenters. The largest absolute Gasteiger partial charge is 0.481 e. The van der Waals surface area contributed by atoms with Gasteiger partial charge in [0.15, 0.2) is 0 Å². The van der Waals surface area contributed by atoms with E-state index in [1.54, 1.807) is 12.1 Å². The van der Waals surface area contributed by atoms with Gasteiger partial charge in [-0.1, -0.05) is 23.7 Å². The van der Waals surface area contributed by atoms with E-state index in [-0.39, 0.29) is 12.2 Å². The summed E-state index contributed by atoms with van der Waals surface area (Å²) in [6, 6.07) is 7.24. The lowest BCUT2D eigenvalue weighted by Gasteiger charge is -2.16. The van der Waals surface area contributed by atoms with Gasteiger partial charge in [0, 0.05) is 24.5 Å². The first-order valence-electron chi connectivity index (χ1n) is 6.48. The maximum Gasteiger partial charge on any atom is 0.303 e. The van der Waals surface area contributed by atoms with Gasteiger partial charge in [0.2, 0.25) is 6.41 Å². The zero-order chi connectivity index (χ0) is 16.3. The Labute approximate surface area is 129 Å². The fourth-order valence-corrected chi connectivity index (χ4v) is 1.69. The zero-order valence-electron chi connectivity index (χ0n) is 12.2. The van der Waals surface area contributed by atoms with Gasteiger partial charge in [-0.2, -0.15) is 0 Å². The molecule has 116 valence electrons. The lowest BCUT2D eigenvalue weighted by Crippen LogP contribution is -2.23. The summed E-state index contributed by atoms with van der Waals surface area (Å²) in [5.74, 6) is -0.682. The van der Waals surface area contributed by atoms with Crippen molar-refractivity contribution in [1.82, 2.24) is 4.90 Å². The van der Waals surface area contributed by atoms with Gasteiger partial charge >= 0.3 is 5.97 Å². The molecule has 0 spiro atoms. The summed E-state index contributed by atoms with van der Waals surface area (Å²) >= 11 is 5.83. The number of ketones is 1. The van der Waals surface area contributed by atoms with Gasteiger partial charge in [0.05, 0.1) is 0 Å². The molecular formula is C15H20ClNO4. The summed E-state index contributed by atoms with van der Waals surface area (Å²) in [4.78, 5) is 32.1. The number of carbonyl (C=O) groups is 3. The van der Waals surface area contributed by atoms with Crippen LogP contribution in [0.5, 0.6) is 0 Å². The van der Waals surface area contributed by atoms with Crippen LogP contribution in [0.3, 0.4) is 0 Å². The predicted octanol–water partition coefficient (Wildman–Crippen LogP) is 2.76. The Bertz CT molecular complexity index is 472. The van der Waals surface area contributed by atoms with Crippen LogP contribution >= 0.6 is 11.6 Å². The van der Waals surface area contributed by atoms with Crippen molar-refractivity contribution in [3.8, 4) is 0 Å². The van der Waals surface area contributed by atoms with E-state index < -0.39 is 5.97 Å². The Morgan fingerprint density at radius 1 is 1.33 bits per heavy atom.